The summed E-state index contributed by atoms with van der Waals surface area (Å²) in [7, 11) is -4.07. The van der Waals surface area contributed by atoms with Crippen molar-refractivity contribution in [3.8, 4) is 0 Å². The summed E-state index contributed by atoms with van der Waals surface area (Å²) < 4.78 is 28.8. The van der Waals surface area contributed by atoms with E-state index in [9.17, 15) is 18.0 Å². The molecule has 214 valence electrons. The molecule has 2 unspecified atom stereocenters. The third-order valence-corrected chi connectivity index (χ3v) is 8.90. The molecule has 2 amide bonds. The first-order chi connectivity index (χ1) is 19.0. The Kier molecular flexibility index (Phi) is 10.9. The first-order valence-corrected chi connectivity index (χ1v) is 15.3. The van der Waals surface area contributed by atoms with Crippen LogP contribution in [-0.4, -0.2) is 50.3 Å². The molecule has 0 saturated carbocycles. The molecule has 40 heavy (non-hydrogen) atoms. The van der Waals surface area contributed by atoms with Crippen LogP contribution < -0.4 is 9.62 Å². The van der Waals surface area contributed by atoms with Gasteiger partial charge in [-0.25, -0.2) is 8.42 Å². The highest BCUT2D eigenvalue weighted by atomic mass is 32.2. The second-order valence-corrected chi connectivity index (χ2v) is 12.2. The Hall–Kier alpha value is -3.65. The topological polar surface area (TPSA) is 86.8 Å². The van der Waals surface area contributed by atoms with Gasteiger partial charge in [-0.3, -0.25) is 13.9 Å². The molecule has 0 aliphatic rings. The molecule has 0 aliphatic heterocycles. The van der Waals surface area contributed by atoms with Crippen molar-refractivity contribution >= 4 is 27.5 Å². The molecular formula is C32H41N3O4S. The summed E-state index contributed by atoms with van der Waals surface area (Å²) in [6.45, 7) is 9.53. The summed E-state index contributed by atoms with van der Waals surface area (Å²) in [5.41, 5.74) is 2.47. The predicted molar refractivity (Wildman–Crippen MR) is 161 cm³/mol. The van der Waals surface area contributed by atoms with E-state index in [0.717, 1.165) is 21.9 Å². The Morgan fingerprint density at radius 2 is 1.40 bits per heavy atom. The molecule has 7 nitrogen and oxygen atoms in total. The van der Waals surface area contributed by atoms with Crippen molar-refractivity contribution in [3.05, 3.63) is 96.1 Å². The Balaban J connectivity index is 1.97. The van der Waals surface area contributed by atoms with Crippen LogP contribution in [-0.2, 0) is 26.0 Å². The zero-order valence-corrected chi connectivity index (χ0v) is 24.9. The van der Waals surface area contributed by atoms with E-state index in [1.807, 2.05) is 56.3 Å². The van der Waals surface area contributed by atoms with E-state index in [0.29, 0.717) is 12.1 Å². The van der Waals surface area contributed by atoms with Gasteiger partial charge in [-0.15, -0.1) is 0 Å². The van der Waals surface area contributed by atoms with E-state index in [2.05, 4.69) is 19.2 Å². The first kappa shape index (κ1) is 30.9. The lowest BCUT2D eigenvalue weighted by molar-refractivity contribution is -0.139. The minimum absolute atomic E-state index is 0.0459. The third-order valence-electron chi connectivity index (χ3n) is 7.11. The van der Waals surface area contributed by atoms with Crippen LogP contribution in [0.2, 0.25) is 0 Å². The van der Waals surface area contributed by atoms with E-state index < -0.39 is 28.5 Å². The van der Waals surface area contributed by atoms with Crippen LogP contribution in [0.25, 0.3) is 0 Å². The molecule has 1 N–H and O–H groups in total. The van der Waals surface area contributed by atoms with Gasteiger partial charge in [0.1, 0.15) is 12.6 Å². The van der Waals surface area contributed by atoms with Crippen LogP contribution in [0.1, 0.15) is 58.1 Å². The van der Waals surface area contributed by atoms with E-state index in [1.54, 1.807) is 37.3 Å². The number of hydrogen-bond acceptors (Lipinski definition) is 4. The fourth-order valence-corrected chi connectivity index (χ4v) is 5.74. The summed E-state index contributed by atoms with van der Waals surface area (Å²) in [5, 5.41) is 2.96. The van der Waals surface area contributed by atoms with Gasteiger partial charge in [-0.1, -0.05) is 81.4 Å². The van der Waals surface area contributed by atoms with E-state index >= 15 is 0 Å². The van der Waals surface area contributed by atoms with Crippen molar-refractivity contribution in [2.75, 3.05) is 17.4 Å². The Labute approximate surface area is 239 Å². The fraction of sp³-hybridized carbons (Fsp3) is 0.375. The van der Waals surface area contributed by atoms with Gasteiger partial charge >= 0.3 is 0 Å². The molecule has 0 fully saturated rings. The van der Waals surface area contributed by atoms with Crippen LogP contribution in [0.15, 0.2) is 89.8 Å². The summed E-state index contributed by atoms with van der Waals surface area (Å²) in [5.74, 6) is -0.446. The minimum atomic E-state index is -4.07. The molecule has 0 spiro atoms. The zero-order chi connectivity index (χ0) is 29.3. The second-order valence-electron chi connectivity index (χ2n) is 10.4. The molecule has 8 heteroatoms. The van der Waals surface area contributed by atoms with Gasteiger partial charge in [0.2, 0.25) is 11.8 Å². The van der Waals surface area contributed by atoms with Crippen molar-refractivity contribution in [1.82, 2.24) is 10.2 Å². The van der Waals surface area contributed by atoms with Crippen LogP contribution in [0, 0.1) is 0 Å². The highest BCUT2D eigenvalue weighted by Gasteiger charge is 2.32. The molecule has 2 atom stereocenters. The molecule has 0 radical (unpaired) electrons. The van der Waals surface area contributed by atoms with Gasteiger partial charge in [0.15, 0.2) is 0 Å². The third kappa shape index (κ3) is 7.94. The largest absolute Gasteiger partial charge is 0.352 e. The van der Waals surface area contributed by atoms with Crippen molar-refractivity contribution in [1.29, 1.82) is 0 Å². The Morgan fingerprint density at radius 1 is 0.825 bits per heavy atom. The number of anilines is 1. The van der Waals surface area contributed by atoms with Gasteiger partial charge in [0.25, 0.3) is 10.0 Å². The number of rotatable bonds is 13. The van der Waals surface area contributed by atoms with E-state index in [4.69, 9.17) is 0 Å². The van der Waals surface area contributed by atoms with Gasteiger partial charge < -0.3 is 10.2 Å². The monoisotopic (exact) mass is 563 g/mol. The SMILES string of the molecule is CCC(C)NC(=O)C(C)N(CCc1ccccc1)C(=O)CN(c1ccc(C(C)C)cc1)S(=O)(=O)c1ccccc1. The molecule has 3 aromatic carbocycles. The standard InChI is InChI=1S/C32H41N3O4S/c1-6-25(4)33-32(37)26(5)34(22-21-27-13-9-7-10-14-27)31(36)23-35(29-19-17-28(18-20-29)24(2)3)40(38,39)30-15-11-8-12-16-30/h7-20,24-26H,6,21-23H2,1-5H3,(H,33,37). The summed E-state index contributed by atoms with van der Waals surface area (Å²) in [6, 6.07) is 24.2. The quantitative estimate of drug-likeness (QED) is 0.303. The van der Waals surface area contributed by atoms with E-state index in [-0.39, 0.29) is 29.3 Å². The second kappa shape index (κ2) is 14.1. The number of nitrogens with one attached hydrogen (secondary N) is 1. The normalized spacial score (nSPS) is 12.9. The molecule has 3 rings (SSSR count). The number of carbonyl (C=O) groups is 2. The number of benzene rings is 3. The maximum absolute atomic E-state index is 13.9. The predicted octanol–water partition coefficient (Wildman–Crippen LogP) is 5.38. The fourth-order valence-electron chi connectivity index (χ4n) is 4.31. The summed E-state index contributed by atoms with van der Waals surface area (Å²) in [6.07, 6.45) is 1.29. The maximum Gasteiger partial charge on any atom is 0.264 e. The molecule has 0 aromatic heterocycles. The maximum atomic E-state index is 13.9. The van der Waals surface area contributed by atoms with Crippen molar-refractivity contribution in [3.63, 3.8) is 0 Å². The summed E-state index contributed by atoms with van der Waals surface area (Å²) >= 11 is 0. The van der Waals surface area contributed by atoms with Gasteiger partial charge in [0.05, 0.1) is 10.6 Å². The zero-order valence-electron chi connectivity index (χ0n) is 24.1. The minimum Gasteiger partial charge on any atom is -0.352 e. The molecule has 0 saturated heterocycles. The van der Waals surface area contributed by atoms with Crippen LogP contribution >= 0.6 is 0 Å². The summed E-state index contributed by atoms with van der Waals surface area (Å²) in [4.78, 5) is 28.6. The number of carbonyl (C=O) groups excluding carboxylic acids is 2. The lowest BCUT2D eigenvalue weighted by atomic mass is 10.0. The Bertz CT molecular complexity index is 1340. The van der Waals surface area contributed by atoms with Gasteiger partial charge in [0, 0.05) is 12.6 Å². The Morgan fingerprint density at radius 3 is 1.95 bits per heavy atom. The van der Waals surface area contributed by atoms with Crippen molar-refractivity contribution in [2.45, 2.75) is 70.4 Å². The molecule has 0 bridgehead atoms. The van der Waals surface area contributed by atoms with Crippen molar-refractivity contribution < 1.29 is 18.0 Å². The number of hydrogen-bond donors (Lipinski definition) is 1. The van der Waals surface area contributed by atoms with Gasteiger partial charge in [-0.2, -0.15) is 0 Å². The highest BCUT2D eigenvalue weighted by Crippen LogP contribution is 2.26. The van der Waals surface area contributed by atoms with Crippen LogP contribution in [0.5, 0.6) is 0 Å². The number of amides is 2. The van der Waals surface area contributed by atoms with Gasteiger partial charge in [-0.05, 0) is 68.0 Å². The molecule has 0 heterocycles. The van der Waals surface area contributed by atoms with Crippen LogP contribution in [0.3, 0.4) is 0 Å². The highest BCUT2D eigenvalue weighted by molar-refractivity contribution is 7.92. The lowest BCUT2D eigenvalue weighted by Gasteiger charge is -2.32. The number of nitrogens with zero attached hydrogens (tertiary/aromatic N) is 2. The smallest absolute Gasteiger partial charge is 0.264 e. The molecule has 0 aliphatic carbocycles. The van der Waals surface area contributed by atoms with Crippen LogP contribution in [0.4, 0.5) is 5.69 Å². The lowest BCUT2D eigenvalue weighted by Crippen LogP contribution is -2.53. The average Bonchev–Trinajstić information content (AvgIpc) is 2.96. The van der Waals surface area contributed by atoms with E-state index in [1.165, 1.54) is 17.0 Å². The first-order valence-electron chi connectivity index (χ1n) is 13.9. The molecule has 3 aromatic rings. The molecular weight excluding hydrogens is 522 g/mol. The number of sulfonamides is 1. The average molecular weight is 564 g/mol. The van der Waals surface area contributed by atoms with Crippen molar-refractivity contribution in [2.24, 2.45) is 0 Å².